The van der Waals surface area contributed by atoms with Crippen molar-refractivity contribution in [1.82, 2.24) is 10.2 Å². The maximum absolute atomic E-state index is 12.0. The van der Waals surface area contributed by atoms with Gasteiger partial charge in [-0.2, -0.15) is 13.9 Å². The van der Waals surface area contributed by atoms with Crippen molar-refractivity contribution >= 4 is 5.69 Å². The zero-order valence-electron chi connectivity index (χ0n) is 10.7. The highest BCUT2D eigenvalue weighted by atomic mass is 19.3. The molecule has 0 radical (unpaired) electrons. The minimum atomic E-state index is -2.79. The van der Waals surface area contributed by atoms with Crippen LogP contribution in [0.1, 0.15) is 17.0 Å². The van der Waals surface area contributed by atoms with Gasteiger partial charge in [-0.05, 0) is 31.5 Å². The van der Waals surface area contributed by atoms with Crippen molar-refractivity contribution in [3.63, 3.8) is 0 Å². The van der Waals surface area contributed by atoms with Crippen molar-refractivity contribution in [1.29, 1.82) is 0 Å². The molecular weight excluding hydrogens is 252 g/mol. The number of benzene rings is 1. The Labute approximate surface area is 109 Å². The van der Waals surface area contributed by atoms with Crippen molar-refractivity contribution < 1.29 is 13.5 Å². The third kappa shape index (κ3) is 3.43. The van der Waals surface area contributed by atoms with Crippen LogP contribution in [0, 0.1) is 13.8 Å². The number of hydrogen-bond acceptors (Lipinski definition) is 3. The Kier molecular flexibility index (Phi) is 3.99. The third-order valence-corrected chi connectivity index (χ3v) is 2.75. The number of nitrogens with one attached hydrogen (secondary N) is 2. The van der Waals surface area contributed by atoms with Crippen LogP contribution in [0.4, 0.5) is 14.5 Å². The molecule has 1 heterocycles. The second kappa shape index (κ2) is 5.69. The molecule has 0 fully saturated rings. The summed E-state index contributed by atoms with van der Waals surface area (Å²) in [6.07, 6.45) is 0. The predicted molar refractivity (Wildman–Crippen MR) is 68.5 cm³/mol. The quantitative estimate of drug-likeness (QED) is 0.874. The minimum absolute atomic E-state index is 0.162. The van der Waals surface area contributed by atoms with E-state index >= 15 is 0 Å². The van der Waals surface area contributed by atoms with Crippen LogP contribution >= 0.6 is 0 Å². The Balaban J connectivity index is 1.97. The number of halogens is 2. The van der Waals surface area contributed by atoms with Gasteiger partial charge in [-0.25, -0.2) is 0 Å². The fourth-order valence-electron chi connectivity index (χ4n) is 1.79. The Hall–Kier alpha value is -2.11. The number of ether oxygens (including phenoxy) is 1. The maximum atomic E-state index is 12.0. The molecule has 0 unspecified atom stereocenters. The van der Waals surface area contributed by atoms with E-state index in [-0.39, 0.29) is 5.75 Å². The van der Waals surface area contributed by atoms with Crippen molar-refractivity contribution in [2.75, 3.05) is 5.32 Å². The minimum Gasteiger partial charge on any atom is -0.435 e. The highest BCUT2D eigenvalue weighted by Gasteiger charge is 2.06. The van der Waals surface area contributed by atoms with E-state index in [9.17, 15) is 8.78 Å². The molecule has 19 heavy (non-hydrogen) atoms. The largest absolute Gasteiger partial charge is 0.435 e. The summed E-state index contributed by atoms with van der Waals surface area (Å²) >= 11 is 0. The van der Waals surface area contributed by atoms with Gasteiger partial charge in [0.25, 0.3) is 0 Å². The zero-order valence-corrected chi connectivity index (χ0v) is 10.7. The Morgan fingerprint density at radius 1 is 1.26 bits per heavy atom. The smallest absolute Gasteiger partial charge is 0.387 e. The summed E-state index contributed by atoms with van der Waals surface area (Å²) in [5.41, 5.74) is 3.81. The van der Waals surface area contributed by atoms with Crippen LogP contribution in [0.15, 0.2) is 24.3 Å². The van der Waals surface area contributed by atoms with E-state index in [1.807, 2.05) is 13.8 Å². The van der Waals surface area contributed by atoms with Gasteiger partial charge >= 0.3 is 6.61 Å². The van der Waals surface area contributed by atoms with Crippen LogP contribution in [0.2, 0.25) is 0 Å². The van der Waals surface area contributed by atoms with Gasteiger partial charge in [-0.1, -0.05) is 12.1 Å². The Morgan fingerprint density at radius 2 is 1.95 bits per heavy atom. The molecule has 2 aromatic rings. The van der Waals surface area contributed by atoms with Gasteiger partial charge in [0.2, 0.25) is 0 Å². The number of aryl methyl sites for hydroxylation is 2. The summed E-state index contributed by atoms with van der Waals surface area (Å²) in [6, 6.07) is 6.54. The molecule has 2 rings (SSSR count). The SMILES string of the molecule is Cc1n[nH]c(C)c1NCc1ccc(OC(F)F)cc1. The molecule has 4 nitrogen and oxygen atoms in total. The lowest BCUT2D eigenvalue weighted by molar-refractivity contribution is -0.0498. The van der Waals surface area contributed by atoms with E-state index in [1.165, 1.54) is 12.1 Å². The first-order chi connectivity index (χ1) is 9.06. The van der Waals surface area contributed by atoms with E-state index in [0.29, 0.717) is 6.54 Å². The Bertz CT molecular complexity index is 518. The monoisotopic (exact) mass is 267 g/mol. The van der Waals surface area contributed by atoms with E-state index in [4.69, 9.17) is 0 Å². The normalized spacial score (nSPS) is 10.8. The molecule has 0 aliphatic heterocycles. The lowest BCUT2D eigenvalue weighted by atomic mass is 10.2. The average molecular weight is 267 g/mol. The van der Waals surface area contributed by atoms with E-state index in [0.717, 1.165) is 22.6 Å². The standard InChI is InChI=1S/C13H15F2N3O/c1-8-12(9(2)18-17-8)16-7-10-3-5-11(6-4-10)19-13(14)15/h3-6,13,16H,7H2,1-2H3,(H,17,18). The topological polar surface area (TPSA) is 49.9 Å². The molecule has 0 aliphatic rings. The predicted octanol–water partition coefficient (Wildman–Crippen LogP) is 3.24. The summed E-state index contributed by atoms with van der Waals surface area (Å²) in [6.45, 7) is 1.64. The second-order valence-corrected chi connectivity index (χ2v) is 4.19. The van der Waals surface area contributed by atoms with E-state index in [1.54, 1.807) is 12.1 Å². The average Bonchev–Trinajstić information content (AvgIpc) is 2.68. The summed E-state index contributed by atoms with van der Waals surface area (Å²) < 4.78 is 28.3. The molecule has 0 atom stereocenters. The van der Waals surface area contributed by atoms with Gasteiger partial charge in [0.15, 0.2) is 0 Å². The molecule has 102 valence electrons. The Morgan fingerprint density at radius 3 is 2.47 bits per heavy atom. The molecule has 0 saturated carbocycles. The number of anilines is 1. The number of H-pyrrole nitrogens is 1. The van der Waals surface area contributed by atoms with Gasteiger partial charge in [-0.3, -0.25) is 5.10 Å². The van der Waals surface area contributed by atoms with Gasteiger partial charge in [0, 0.05) is 6.54 Å². The van der Waals surface area contributed by atoms with Gasteiger partial charge in [0.05, 0.1) is 17.1 Å². The van der Waals surface area contributed by atoms with Gasteiger partial charge in [-0.15, -0.1) is 0 Å². The van der Waals surface area contributed by atoms with Crippen molar-refractivity contribution in [2.24, 2.45) is 0 Å². The summed E-state index contributed by atoms with van der Waals surface area (Å²) in [7, 11) is 0. The number of rotatable bonds is 5. The fraction of sp³-hybridized carbons (Fsp3) is 0.308. The number of aromatic amines is 1. The third-order valence-electron chi connectivity index (χ3n) is 2.75. The van der Waals surface area contributed by atoms with Crippen LogP contribution in [0.3, 0.4) is 0 Å². The molecule has 0 aliphatic carbocycles. The fourth-order valence-corrected chi connectivity index (χ4v) is 1.79. The number of nitrogens with zero attached hydrogens (tertiary/aromatic N) is 1. The summed E-state index contributed by atoms with van der Waals surface area (Å²) in [4.78, 5) is 0. The summed E-state index contributed by atoms with van der Waals surface area (Å²) in [5, 5.41) is 10.2. The molecule has 0 bridgehead atoms. The molecule has 1 aromatic carbocycles. The molecule has 1 aromatic heterocycles. The molecule has 6 heteroatoms. The number of alkyl halides is 2. The van der Waals surface area contributed by atoms with Gasteiger partial charge < -0.3 is 10.1 Å². The van der Waals surface area contributed by atoms with E-state index in [2.05, 4.69) is 20.3 Å². The van der Waals surface area contributed by atoms with Crippen molar-refractivity contribution in [3.05, 3.63) is 41.2 Å². The number of hydrogen-bond donors (Lipinski definition) is 2. The molecule has 2 N–H and O–H groups in total. The lowest BCUT2D eigenvalue weighted by Gasteiger charge is -2.08. The summed E-state index contributed by atoms with van der Waals surface area (Å²) in [5.74, 6) is 0.162. The van der Waals surface area contributed by atoms with Crippen molar-refractivity contribution in [2.45, 2.75) is 27.0 Å². The highest BCUT2D eigenvalue weighted by Crippen LogP contribution is 2.19. The first kappa shape index (κ1) is 13.3. The van der Waals surface area contributed by atoms with Crippen molar-refractivity contribution in [3.8, 4) is 5.75 Å². The molecule has 0 spiro atoms. The zero-order chi connectivity index (χ0) is 13.8. The first-order valence-electron chi connectivity index (χ1n) is 5.85. The second-order valence-electron chi connectivity index (χ2n) is 4.19. The van der Waals surface area contributed by atoms with Crippen LogP contribution in [0.25, 0.3) is 0 Å². The van der Waals surface area contributed by atoms with Crippen LogP contribution in [-0.2, 0) is 6.54 Å². The number of aromatic nitrogens is 2. The van der Waals surface area contributed by atoms with Crippen LogP contribution in [-0.4, -0.2) is 16.8 Å². The van der Waals surface area contributed by atoms with Gasteiger partial charge in [0.1, 0.15) is 5.75 Å². The van der Waals surface area contributed by atoms with E-state index < -0.39 is 6.61 Å². The highest BCUT2D eigenvalue weighted by molar-refractivity contribution is 5.51. The molecule has 0 amide bonds. The van der Waals surface area contributed by atoms with Crippen LogP contribution in [0.5, 0.6) is 5.75 Å². The maximum Gasteiger partial charge on any atom is 0.387 e. The molecule has 0 saturated heterocycles. The first-order valence-corrected chi connectivity index (χ1v) is 5.85. The molecular formula is C13H15F2N3O. The lowest BCUT2D eigenvalue weighted by Crippen LogP contribution is -2.03. The van der Waals surface area contributed by atoms with Crippen LogP contribution < -0.4 is 10.1 Å².